The Bertz CT molecular complexity index is 218. The van der Waals surface area contributed by atoms with Gasteiger partial charge in [0.25, 0.3) is 10.1 Å². The Balaban J connectivity index is 2.81. The van der Waals surface area contributed by atoms with Gasteiger partial charge in [-0.25, -0.2) is 5.06 Å². The van der Waals surface area contributed by atoms with Crippen LogP contribution in [0, 0.1) is 0 Å². The van der Waals surface area contributed by atoms with Crippen molar-refractivity contribution in [2.45, 2.75) is 0 Å². The fraction of sp³-hybridized carbons (Fsp3) is 0.500. The van der Waals surface area contributed by atoms with Crippen molar-refractivity contribution in [1.29, 1.82) is 0 Å². The number of rotatable bonds is 0. The van der Waals surface area contributed by atoms with Gasteiger partial charge >= 0.3 is 0 Å². The van der Waals surface area contributed by atoms with Crippen LogP contribution in [-0.2, 0) is 14.4 Å². The third kappa shape index (κ3) is 1.69. The van der Waals surface area contributed by atoms with Crippen LogP contribution in [-0.4, -0.2) is 26.3 Å². The van der Waals surface area contributed by atoms with Gasteiger partial charge < -0.3 is 0 Å². The lowest BCUT2D eigenvalue weighted by atomic mass is 10.7. The van der Waals surface area contributed by atoms with Crippen molar-refractivity contribution in [3.63, 3.8) is 0 Å². The molecule has 0 saturated carbocycles. The molecule has 0 aromatic carbocycles. The first-order chi connectivity index (χ1) is 4.10. The minimum Gasteiger partial charge on any atom is -0.247 e. The van der Waals surface area contributed by atoms with E-state index in [1.807, 2.05) is 0 Å². The van der Waals surface area contributed by atoms with E-state index in [4.69, 9.17) is 0 Å². The summed E-state index contributed by atoms with van der Waals surface area (Å²) in [4.78, 5) is 0. The molecule has 0 aromatic rings. The maximum Gasteiger partial charge on any atom is 0.291 e. The predicted octanol–water partition coefficient (Wildman–Crippen LogP) is -0.293. The number of hydroxylamine groups is 2. The van der Waals surface area contributed by atoms with Gasteiger partial charge in [0.15, 0.2) is 0 Å². The lowest BCUT2D eigenvalue weighted by Gasteiger charge is -2.15. The van der Waals surface area contributed by atoms with Crippen LogP contribution >= 0.6 is 0 Å². The molecule has 0 radical (unpaired) electrons. The summed E-state index contributed by atoms with van der Waals surface area (Å²) in [6, 6.07) is 0. The quantitative estimate of drug-likeness (QED) is 0.474. The van der Waals surface area contributed by atoms with E-state index in [-0.39, 0.29) is 5.75 Å². The van der Waals surface area contributed by atoms with Gasteiger partial charge in [-0.1, -0.05) is 0 Å². The number of hydrogen-bond donors (Lipinski definition) is 0. The molecule has 0 fully saturated rings. The Kier molecular flexibility index (Phi) is 1.46. The SMILES string of the molecule is CN1C=CCS(=O)(=O)O1. The highest BCUT2D eigenvalue weighted by Crippen LogP contribution is 2.03. The molecule has 1 aliphatic heterocycles. The van der Waals surface area contributed by atoms with Crippen molar-refractivity contribution in [2.24, 2.45) is 0 Å². The van der Waals surface area contributed by atoms with E-state index in [1.54, 1.807) is 6.20 Å². The standard InChI is InChI=1S/C4H7NO3S/c1-5-3-2-4-9(6,7)8-5/h2-3H,4H2,1H3. The lowest BCUT2D eigenvalue weighted by Crippen LogP contribution is -2.23. The average Bonchev–Trinajstić information content (AvgIpc) is 1.60. The molecule has 0 aliphatic carbocycles. The zero-order chi connectivity index (χ0) is 6.91. The zero-order valence-corrected chi connectivity index (χ0v) is 5.76. The molecule has 5 heteroatoms. The number of nitrogens with zero attached hydrogens (tertiary/aromatic N) is 1. The zero-order valence-electron chi connectivity index (χ0n) is 4.94. The number of hydrogen-bond acceptors (Lipinski definition) is 4. The maximum absolute atomic E-state index is 10.5. The topological polar surface area (TPSA) is 46.6 Å². The van der Waals surface area contributed by atoms with Gasteiger partial charge in [0.05, 0.1) is 5.75 Å². The van der Waals surface area contributed by atoms with Crippen LogP contribution < -0.4 is 0 Å². The van der Waals surface area contributed by atoms with Gasteiger partial charge in [0, 0.05) is 13.2 Å². The van der Waals surface area contributed by atoms with Crippen LogP contribution in [0.2, 0.25) is 0 Å². The van der Waals surface area contributed by atoms with Crippen molar-refractivity contribution < 1.29 is 12.7 Å². The fourth-order valence-corrected chi connectivity index (χ4v) is 1.33. The van der Waals surface area contributed by atoms with Crippen molar-refractivity contribution in [2.75, 3.05) is 12.8 Å². The second kappa shape index (κ2) is 2.00. The van der Waals surface area contributed by atoms with E-state index in [9.17, 15) is 8.42 Å². The molecule has 0 bridgehead atoms. The highest BCUT2D eigenvalue weighted by molar-refractivity contribution is 7.86. The molecule has 0 N–H and O–H groups in total. The second-order valence-corrected chi connectivity index (χ2v) is 3.33. The van der Waals surface area contributed by atoms with Crippen LogP contribution in [0.4, 0.5) is 0 Å². The Morgan fingerprint density at radius 1 is 1.67 bits per heavy atom. The predicted molar refractivity (Wildman–Crippen MR) is 31.8 cm³/mol. The molecule has 9 heavy (non-hydrogen) atoms. The summed E-state index contributed by atoms with van der Waals surface area (Å²) in [5.41, 5.74) is 0. The molecule has 0 unspecified atom stereocenters. The summed E-state index contributed by atoms with van der Waals surface area (Å²) in [6.07, 6.45) is 3.08. The smallest absolute Gasteiger partial charge is 0.247 e. The van der Waals surface area contributed by atoms with Crippen molar-refractivity contribution in [3.05, 3.63) is 12.3 Å². The molecule has 0 spiro atoms. The molecule has 0 amide bonds. The monoisotopic (exact) mass is 149 g/mol. The first-order valence-corrected chi connectivity index (χ1v) is 4.00. The minimum absolute atomic E-state index is 0.0304. The summed E-state index contributed by atoms with van der Waals surface area (Å²) in [6.45, 7) is 0. The maximum atomic E-state index is 10.5. The fourth-order valence-electron chi connectivity index (χ4n) is 0.544. The van der Waals surface area contributed by atoms with Gasteiger partial charge in [-0.3, -0.25) is 0 Å². The van der Waals surface area contributed by atoms with Crippen LogP contribution in [0.1, 0.15) is 0 Å². The van der Waals surface area contributed by atoms with Crippen LogP contribution in [0.15, 0.2) is 12.3 Å². The molecule has 0 aromatic heterocycles. The molecule has 4 nitrogen and oxygen atoms in total. The first kappa shape index (κ1) is 6.57. The van der Waals surface area contributed by atoms with Crippen LogP contribution in [0.25, 0.3) is 0 Å². The van der Waals surface area contributed by atoms with Gasteiger partial charge in [-0.15, -0.1) is 4.28 Å². The van der Waals surface area contributed by atoms with Gasteiger partial charge in [-0.05, 0) is 6.08 Å². The van der Waals surface area contributed by atoms with E-state index in [0.717, 1.165) is 5.06 Å². The Hall–Kier alpha value is -0.550. The normalized spacial score (nSPS) is 24.3. The van der Waals surface area contributed by atoms with Crippen LogP contribution in [0.3, 0.4) is 0 Å². The third-order valence-corrected chi connectivity index (χ3v) is 1.91. The average molecular weight is 149 g/mol. The molecular formula is C4H7NO3S. The summed E-state index contributed by atoms with van der Waals surface area (Å²) < 4.78 is 25.5. The summed E-state index contributed by atoms with van der Waals surface area (Å²) in [7, 11) is -1.77. The molecule has 0 atom stereocenters. The second-order valence-electron chi connectivity index (χ2n) is 1.73. The van der Waals surface area contributed by atoms with Crippen molar-refractivity contribution in [1.82, 2.24) is 5.06 Å². The van der Waals surface area contributed by atoms with E-state index in [0.29, 0.717) is 0 Å². The molecule has 0 saturated heterocycles. The van der Waals surface area contributed by atoms with E-state index >= 15 is 0 Å². The molecule has 1 heterocycles. The Morgan fingerprint density at radius 2 is 2.33 bits per heavy atom. The largest absolute Gasteiger partial charge is 0.291 e. The third-order valence-electron chi connectivity index (χ3n) is 0.847. The highest BCUT2D eigenvalue weighted by Gasteiger charge is 2.14. The van der Waals surface area contributed by atoms with Crippen molar-refractivity contribution in [3.8, 4) is 0 Å². The summed E-state index contributed by atoms with van der Waals surface area (Å²) in [5, 5.41) is 1.15. The molecule has 1 aliphatic rings. The lowest BCUT2D eigenvalue weighted by molar-refractivity contribution is 0.0268. The van der Waals surface area contributed by atoms with E-state index in [2.05, 4.69) is 4.28 Å². The van der Waals surface area contributed by atoms with Gasteiger partial charge in [0.1, 0.15) is 0 Å². The first-order valence-electron chi connectivity index (χ1n) is 2.42. The van der Waals surface area contributed by atoms with Crippen LogP contribution in [0.5, 0.6) is 0 Å². The van der Waals surface area contributed by atoms with Gasteiger partial charge in [-0.2, -0.15) is 8.42 Å². The summed E-state index contributed by atoms with van der Waals surface area (Å²) in [5.74, 6) is -0.0304. The Labute approximate surface area is 53.8 Å². The van der Waals surface area contributed by atoms with E-state index < -0.39 is 10.1 Å². The highest BCUT2D eigenvalue weighted by atomic mass is 32.2. The van der Waals surface area contributed by atoms with Gasteiger partial charge in [0.2, 0.25) is 0 Å². The molecule has 1 rings (SSSR count). The minimum atomic E-state index is -3.29. The Morgan fingerprint density at radius 3 is 2.67 bits per heavy atom. The molecular weight excluding hydrogens is 142 g/mol. The molecule has 52 valence electrons. The van der Waals surface area contributed by atoms with E-state index in [1.165, 1.54) is 13.1 Å². The van der Waals surface area contributed by atoms with Crippen molar-refractivity contribution >= 4 is 10.1 Å². The summed E-state index contributed by atoms with van der Waals surface area (Å²) >= 11 is 0.